The van der Waals surface area contributed by atoms with Crippen LogP contribution in [-0.2, 0) is 6.42 Å². The van der Waals surface area contributed by atoms with Crippen LogP contribution >= 0.6 is 15.9 Å². The summed E-state index contributed by atoms with van der Waals surface area (Å²) < 4.78 is 0. The third-order valence-electron chi connectivity index (χ3n) is 1.50. The third-order valence-corrected chi connectivity index (χ3v) is 2.47. The first-order valence-corrected chi connectivity index (χ1v) is 4.65. The zero-order chi connectivity index (χ0) is 8.10. The van der Waals surface area contributed by atoms with E-state index >= 15 is 0 Å². The second-order valence-corrected chi connectivity index (χ2v) is 3.72. The third kappa shape index (κ3) is 2.97. The molecule has 1 heterocycles. The van der Waals surface area contributed by atoms with Gasteiger partial charge in [-0.15, -0.1) is 0 Å². The fourth-order valence-electron chi connectivity index (χ4n) is 0.814. The predicted octanol–water partition coefficient (Wildman–Crippen LogP) is 2.19. The molecule has 0 saturated heterocycles. The number of hydrogen-bond acceptors (Lipinski definition) is 2. The molecule has 0 spiro atoms. The number of alkyl halides is 1. The van der Waals surface area contributed by atoms with E-state index in [-0.39, 0.29) is 0 Å². The van der Waals surface area contributed by atoms with E-state index in [9.17, 15) is 0 Å². The van der Waals surface area contributed by atoms with Gasteiger partial charge in [-0.25, -0.2) is 0 Å². The quantitative estimate of drug-likeness (QED) is 0.722. The van der Waals surface area contributed by atoms with Gasteiger partial charge in [0.15, 0.2) is 0 Å². The van der Waals surface area contributed by atoms with Crippen molar-refractivity contribution < 1.29 is 0 Å². The molecular weight excluding hydrogens is 204 g/mol. The maximum Gasteiger partial charge on any atom is 0.0642 e. The first-order valence-electron chi connectivity index (χ1n) is 3.73. The number of hydrogen-bond donors (Lipinski definition) is 0. The van der Waals surface area contributed by atoms with Gasteiger partial charge >= 0.3 is 0 Å². The van der Waals surface area contributed by atoms with Crippen LogP contribution in [0.4, 0.5) is 0 Å². The van der Waals surface area contributed by atoms with E-state index in [1.807, 2.05) is 12.1 Å². The highest BCUT2D eigenvalue weighted by atomic mass is 79.9. The van der Waals surface area contributed by atoms with Gasteiger partial charge in [0.2, 0.25) is 0 Å². The van der Waals surface area contributed by atoms with Crippen molar-refractivity contribution in [3.8, 4) is 0 Å². The molecule has 1 rings (SSSR count). The van der Waals surface area contributed by atoms with E-state index in [0.717, 1.165) is 18.5 Å². The van der Waals surface area contributed by atoms with Crippen LogP contribution in [0.15, 0.2) is 18.3 Å². The van der Waals surface area contributed by atoms with E-state index in [4.69, 9.17) is 0 Å². The lowest BCUT2D eigenvalue weighted by Gasteiger charge is -2.03. The molecule has 0 aliphatic carbocycles. The summed E-state index contributed by atoms with van der Waals surface area (Å²) in [7, 11) is 0. The molecule has 0 amide bonds. The normalized spacial score (nSPS) is 12.9. The molecule has 0 fully saturated rings. The second kappa shape index (κ2) is 4.44. The smallest absolute Gasteiger partial charge is 0.0642 e. The number of nitrogens with zero attached hydrogens (tertiary/aromatic N) is 2. The molecule has 1 atom stereocenters. The van der Waals surface area contributed by atoms with Gasteiger partial charge in [0.25, 0.3) is 0 Å². The Kier molecular flexibility index (Phi) is 3.49. The van der Waals surface area contributed by atoms with Crippen molar-refractivity contribution in [2.24, 2.45) is 0 Å². The number of halogens is 1. The van der Waals surface area contributed by atoms with E-state index < -0.39 is 0 Å². The van der Waals surface area contributed by atoms with Crippen molar-refractivity contribution in [3.63, 3.8) is 0 Å². The SMILES string of the molecule is CCC(Br)Cc1cccnn1. The van der Waals surface area contributed by atoms with Crippen LogP contribution in [0.1, 0.15) is 19.0 Å². The zero-order valence-electron chi connectivity index (χ0n) is 6.50. The topological polar surface area (TPSA) is 25.8 Å². The highest BCUT2D eigenvalue weighted by Gasteiger charge is 2.02. The van der Waals surface area contributed by atoms with Gasteiger partial charge in [-0.1, -0.05) is 22.9 Å². The minimum absolute atomic E-state index is 0.527. The second-order valence-electron chi connectivity index (χ2n) is 2.42. The molecule has 60 valence electrons. The van der Waals surface area contributed by atoms with Crippen molar-refractivity contribution in [1.29, 1.82) is 0 Å². The van der Waals surface area contributed by atoms with Crippen LogP contribution in [0.25, 0.3) is 0 Å². The van der Waals surface area contributed by atoms with E-state index in [2.05, 4.69) is 33.1 Å². The largest absolute Gasteiger partial charge is 0.159 e. The number of rotatable bonds is 3. The van der Waals surface area contributed by atoms with Gasteiger partial charge in [-0.2, -0.15) is 10.2 Å². The minimum Gasteiger partial charge on any atom is -0.159 e. The molecule has 0 N–H and O–H groups in total. The summed E-state index contributed by atoms with van der Waals surface area (Å²) in [6.45, 7) is 2.15. The summed E-state index contributed by atoms with van der Waals surface area (Å²) >= 11 is 3.55. The molecule has 0 radical (unpaired) electrons. The summed E-state index contributed by atoms with van der Waals surface area (Å²) in [5.41, 5.74) is 1.05. The average molecular weight is 215 g/mol. The molecule has 0 aromatic carbocycles. The molecule has 2 nitrogen and oxygen atoms in total. The average Bonchev–Trinajstić information content (AvgIpc) is 2.06. The molecule has 1 aromatic rings. The fraction of sp³-hybridized carbons (Fsp3) is 0.500. The van der Waals surface area contributed by atoms with Gasteiger partial charge in [0, 0.05) is 17.4 Å². The maximum absolute atomic E-state index is 3.99. The maximum atomic E-state index is 3.99. The Hall–Kier alpha value is -0.440. The Balaban J connectivity index is 2.51. The van der Waals surface area contributed by atoms with Crippen LogP contribution in [-0.4, -0.2) is 15.0 Å². The molecule has 1 unspecified atom stereocenters. The van der Waals surface area contributed by atoms with Crippen molar-refractivity contribution >= 4 is 15.9 Å². The lowest BCUT2D eigenvalue weighted by molar-refractivity contribution is 0.787. The van der Waals surface area contributed by atoms with E-state index in [0.29, 0.717) is 4.83 Å². The summed E-state index contributed by atoms with van der Waals surface area (Å²) in [4.78, 5) is 0.527. The monoisotopic (exact) mass is 214 g/mol. The molecule has 0 saturated carbocycles. The lowest BCUT2D eigenvalue weighted by Crippen LogP contribution is -2.02. The summed E-state index contributed by atoms with van der Waals surface area (Å²) in [6, 6.07) is 3.91. The Bertz CT molecular complexity index is 201. The zero-order valence-corrected chi connectivity index (χ0v) is 8.08. The van der Waals surface area contributed by atoms with Crippen LogP contribution in [0.5, 0.6) is 0 Å². The number of aromatic nitrogens is 2. The van der Waals surface area contributed by atoms with Gasteiger partial charge in [0.05, 0.1) is 5.69 Å². The Morgan fingerprint density at radius 1 is 1.64 bits per heavy atom. The first-order chi connectivity index (χ1) is 5.33. The highest BCUT2D eigenvalue weighted by molar-refractivity contribution is 9.09. The minimum atomic E-state index is 0.527. The van der Waals surface area contributed by atoms with Crippen molar-refractivity contribution in [2.75, 3.05) is 0 Å². The van der Waals surface area contributed by atoms with Gasteiger partial charge < -0.3 is 0 Å². The lowest BCUT2D eigenvalue weighted by atomic mass is 10.2. The molecule has 0 bridgehead atoms. The molecular formula is C8H11BrN2. The van der Waals surface area contributed by atoms with Crippen molar-refractivity contribution in [1.82, 2.24) is 10.2 Å². The predicted molar refractivity (Wildman–Crippen MR) is 48.7 cm³/mol. The van der Waals surface area contributed by atoms with Crippen molar-refractivity contribution in [2.45, 2.75) is 24.6 Å². The van der Waals surface area contributed by atoms with Crippen LogP contribution in [0, 0.1) is 0 Å². The summed E-state index contributed by atoms with van der Waals surface area (Å²) in [6.07, 6.45) is 3.78. The summed E-state index contributed by atoms with van der Waals surface area (Å²) in [5.74, 6) is 0. The molecule has 1 aromatic heterocycles. The van der Waals surface area contributed by atoms with Gasteiger partial charge in [-0.05, 0) is 18.6 Å². The Morgan fingerprint density at radius 3 is 3.00 bits per heavy atom. The standard InChI is InChI=1S/C8H11BrN2/c1-2-7(9)6-8-4-3-5-10-11-8/h3-5,7H,2,6H2,1H3. The van der Waals surface area contributed by atoms with Gasteiger partial charge in [-0.3, -0.25) is 0 Å². The first kappa shape index (κ1) is 8.65. The van der Waals surface area contributed by atoms with Crippen molar-refractivity contribution in [3.05, 3.63) is 24.0 Å². The molecule has 11 heavy (non-hydrogen) atoms. The highest BCUT2D eigenvalue weighted by Crippen LogP contribution is 2.09. The van der Waals surface area contributed by atoms with E-state index in [1.165, 1.54) is 0 Å². The van der Waals surface area contributed by atoms with Gasteiger partial charge in [0.1, 0.15) is 0 Å². The summed E-state index contributed by atoms with van der Waals surface area (Å²) in [5, 5.41) is 7.79. The van der Waals surface area contributed by atoms with E-state index in [1.54, 1.807) is 6.20 Å². The molecule has 3 heteroatoms. The fourth-order valence-corrected chi connectivity index (χ4v) is 1.15. The Labute approximate surface area is 75.2 Å². The molecule has 0 aliphatic heterocycles. The van der Waals surface area contributed by atoms with Crippen LogP contribution < -0.4 is 0 Å². The van der Waals surface area contributed by atoms with Crippen LogP contribution in [0.3, 0.4) is 0 Å². The molecule has 0 aliphatic rings. The van der Waals surface area contributed by atoms with Crippen LogP contribution in [0.2, 0.25) is 0 Å². The Morgan fingerprint density at radius 2 is 2.45 bits per heavy atom.